The van der Waals surface area contributed by atoms with E-state index < -0.39 is 109 Å². The van der Waals surface area contributed by atoms with Gasteiger partial charge >= 0.3 is 0 Å². The summed E-state index contributed by atoms with van der Waals surface area (Å²) >= 11 is 0. The number of carbonyl (C=O) groups excluding carboxylic acids is 3. The molecule has 0 aliphatic carbocycles. The maximum atomic E-state index is 15.7. The Morgan fingerprint density at radius 3 is 2.82 bits per heavy atom. The number of hydrogen-bond acceptors (Lipinski definition) is 6. The summed E-state index contributed by atoms with van der Waals surface area (Å²) in [6.45, 7) is -24.0. The standard InChI is InChI=1S/C25H27FN4O4/c26-20-12-16(14-29-8-10-34-11-9-29)4-5-17(20)13-27-21-3-1-2-18-19(21)15-30(25(18)33)22-6-7-23(31)28-24(22)32/h1-5,12,22,27H,6-11,13-15H2,(H,28,31,32)/t22-/m0/s1/i8D2,9D2,10D2,11D2,13D2,14D2,15D2,22D. The average molecular weight is 482 g/mol. The molecule has 178 valence electrons. The van der Waals surface area contributed by atoms with Crippen LogP contribution in [0, 0.1) is 5.82 Å². The highest BCUT2D eigenvalue weighted by Crippen LogP contribution is 2.32. The Morgan fingerprint density at radius 2 is 2.06 bits per heavy atom. The maximum Gasteiger partial charge on any atom is 0.255 e. The van der Waals surface area contributed by atoms with Crippen LogP contribution in [-0.2, 0) is 33.8 Å². The SMILES string of the molecule is [2H]C([2H])(Nc1cccc2c1C([2H])([2H])N([C@@]1([2H])CCC(=O)NC1=O)C2=O)c1ccc(C([2H])([2H])N2C([2H])([2H])C([2H])([2H])OC([2H])([2H])C2([2H])[2H])cc1F. The molecule has 0 spiro atoms. The van der Waals surface area contributed by atoms with Gasteiger partial charge in [-0.3, -0.25) is 24.6 Å². The van der Waals surface area contributed by atoms with Crippen molar-refractivity contribution in [2.24, 2.45) is 0 Å². The van der Waals surface area contributed by atoms with Crippen LogP contribution in [0.1, 0.15) is 60.5 Å². The highest BCUT2D eigenvalue weighted by atomic mass is 19.1. The van der Waals surface area contributed by atoms with Crippen molar-refractivity contribution in [2.45, 2.75) is 38.4 Å². The van der Waals surface area contributed by atoms with Gasteiger partial charge in [0.15, 0.2) is 0 Å². The molecule has 2 saturated heterocycles. The summed E-state index contributed by atoms with van der Waals surface area (Å²) in [6, 6.07) is 2.77. The van der Waals surface area contributed by atoms with Gasteiger partial charge in [-0.1, -0.05) is 18.2 Å². The van der Waals surface area contributed by atoms with Crippen molar-refractivity contribution < 1.29 is 44.1 Å². The highest BCUT2D eigenvalue weighted by molar-refractivity contribution is 6.06. The van der Waals surface area contributed by atoms with Gasteiger partial charge in [-0.05, 0) is 30.2 Å². The van der Waals surface area contributed by atoms with Crippen LogP contribution in [0.3, 0.4) is 0 Å². The molecule has 0 bridgehead atoms. The molecule has 9 heteroatoms. The number of rotatable bonds is 6. The fraction of sp³-hybridized carbons (Fsp3) is 0.400. The van der Waals surface area contributed by atoms with Crippen molar-refractivity contribution in [3.05, 3.63) is 64.5 Å². The predicted molar refractivity (Wildman–Crippen MR) is 122 cm³/mol. The number of hydrogen-bond donors (Lipinski definition) is 2. The molecule has 3 heterocycles. The van der Waals surface area contributed by atoms with Gasteiger partial charge in [0, 0.05) is 69.5 Å². The molecule has 3 aliphatic heterocycles. The molecule has 3 amide bonds. The molecule has 0 unspecified atom stereocenters. The Morgan fingerprint density at radius 1 is 1.24 bits per heavy atom. The number of halogens is 1. The largest absolute Gasteiger partial charge is 0.381 e. The van der Waals surface area contributed by atoms with E-state index in [2.05, 4.69) is 10.1 Å². The minimum Gasteiger partial charge on any atom is -0.381 e. The summed E-state index contributed by atoms with van der Waals surface area (Å²) < 4.78 is 144. The number of amides is 3. The molecule has 5 rings (SSSR count). The molecule has 2 aromatic carbocycles. The van der Waals surface area contributed by atoms with Crippen molar-refractivity contribution in [2.75, 3.05) is 31.4 Å². The van der Waals surface area contributed by atoms with Crippen molar-refractivity contribution >= 4 is 23.4 Å². The van der Waals surface area contributed by atoms with E-state index >= 15 is 4.39 Å². The first-order valence-corrected chi connectivity index (χ1v) is 9.99. The van der Waals surface area contributed by atoms with E-state index in [0.717, 1.165) is 18.2 Å². The molecule has 2 fully saturated rings. The summed E-state index contributed by atoms with van der Waals surface area (Å²) in [5, 5.41) is 4.20. The Hall–Kier alpha value is -3.30. The van der Waals surface area contributed by atoms with Gasteiger partial charge in [0.1, 0.15) is 11.8 Å². The van der Waals surface area contributed by atoms with E-state index in [-0.39, 0.29) is 12.0 Å². The zero-order chi connectivity index (χ0) is 37.1. The zero-order valence-corrected chi connectivity index (χ0v) is 17.3. The lowest BCUT2D eigenvalue weighted by molar-refractivity contribution is -0.136. The maximum absolute atomic E-state index is 15.7. The second-order valence-corrected chi connectivity index (χ2v) is 7.23. The quantitative estimate of drug-likeness (QED) is 0.614. The van der Waals surface area contributed by atoms with Crippen LogP contribution in [0.2, 0.25) is 0 Å². The van der Waals surface area contributed by atoms with Crippen LogP contribution >= 0.6 is 0 Å². The monoisotopic (exact) mass is 481 g/mol. The van der Waals surface area contributed by atoms with Crippen molar-refractivity contribution in [3.63, 3.8) is 0 Å². The Bertz CT molecular complexity index is 1750. The number of nitrogens with one attached hydrogen (secondary N) is 2. The van der Waals surface area contributed by atoms with E-state index in [9.17, 15) is 14.4 Å². The third-order valence-electron chi connectivity index (χ3n) is 5.05. The van der Waals surface area contributed by atoms with Crippen molar-refractivity contribution in [3.8, 4) is 0 Å². The van der Waals surface area contributed by atoms with E-state index in [4.69, 9.17) is 20.6 Å². The third-order valence-corrected chi connectivity index (χ3v) is 5.05. The predicted octanol–water partition coefficient (Wildman–Crippen LogP) is 2.03. The minimum atomic E-state index is -3.68. The highest BCUT2D eigenvalue weighted by Gasteiger charge is 2.39. The number of fused-ring (bicyclic) bond motifs is 1. The van der Waals surface area contributed by atoms with Crippen LogP contribution in [0.4, 0.5) is 10.1 Å². The first kappa shape index (κ1) is 11.0. The van der Waals surface area contributed by atoms with E-state index in [1.165, 1.54) is 6.07 Å². The number of imide groups is 1. The van der Waals surface area contributed by atoms with Gasteiger partial charge in [-0.25, -0.2) is 4.39 Å². The number of carbonyl (C=O) groups is 3. The van der Waals surface area contributed by atoms with E-state index in [0.29, 0.717) is 17.0 Å². The van der Waals surface area contributed by atoms with Crippen LogP contribution in [0.5, 0.6) is 0 Å². The lowest BCUT2D eigenvalue weighted by Gasteiger charge is -2.29. The zero-order valence-electron chi connectivity index (χ0n) is 32.3. The molecule has 3 aliphatic rings. The van der Waals surface area contributed by atoms with Crippen molar-refractivity contribution in [1.29, 1.82) is 0 Å². The van der Waals surface area contributed by atoms with E-state index in [1.807, 2.05) is 5.32 Å². The smallest absolute Gasteiger partial charge is 0.255 e. The minimum absolute atomic E-state index is 0.332. The lowest BCUT2D eigenvalue weighted by Crippen LogP contribution is -2.52. The summed E-state index contributed by atoms with van der Waals surface area (Å²) in [5.41, 5.74) is -2.98. The number of nitrogens with zero attached hydrogens (tertiary/aromatic N) is 2. The number of piperidine rings is 1. The second-order valence-electron chi connectivity index (χ2n) is 7.23. The Labute approximate surface area is 218 Å². The second kappa shape index (κ2) is 9.52. The Kier molecular flexibility index (Phi) is 3.07. The normalized spacial score (nSPS) is 37.9. The molecule has 2 aromatic rings. The number of benzene rings is 2. The van der Waals surface area contributed by atoms with Gasteiger partial charge in [0.2, 0.25) is 11.8 Å². The Balaban J connectivity index is 1.51. The molecule has 0 aromatic heterocycles. The molecule has 0 radical (unpaired) electrons. The summed E-state index contributed by atoms with van der Waals surface area (Å²) in [6.07, 6.45) is -0.901. The topological polar surface area (TPSA) is 91.0 Å². The number of ether oxygens (including phenoxy) is 1. The molecule has 0 saturated carbocycles. The van der Waals surface area contributed by atoms with Crippen molar-refractivity contribution in [1.82, 2.24) is 15.1 Å². The van der Waals surface area contributed by atoms with Crippen LogP contribution < -0.4 is 10.6 Å². The summed E-state index contributed by atoms with van der Waals surface area (Å²) in [4.78, 5) is 37.7. The van der Waals surface area contributed by atoms with Crippen LogP contribution in [0.15, 0.2) is 36.4 Å². The van der Waals surface area contributed by atoms with Gasteiger partial charge in [0.25, 0.3) is 5.91 Å². The molecular weight excluding hydrogens is 439 g/mol. The lowest BCUT2D eigenvalue weighted by atomic mass is 10.0. The fourth-order valence-corrected chi connectivity index (χ4v) is 3.44. The van der Waals surface area contributed by atoms with Crippen LogP contribution in [0.25, 0.3) is 0 Å². The van der Waals surface area contributed by atoms with Gasteiger partial charge < -0.3 is 15.0 Å². The number of anilines is 1. The fourth-order valence-electron chi connectivity index (χ4n) is 3.44. The first-order valence-electron chi connectivity index (χ1n) is 17.5. The van der Waals surface area contributed by atoms with Gasteiger partial charge in [-0.15, -0.1) is 0 Å². The van der Waals surface area contributed by atoms with Gasteiger partial charge in [-0.2, -0.15) is 0 Å². The molecular formula is C25H27FN4O4. The molecule has 34 heavy (non-hydrogen) atoms. The molecule has 1 atom stereocenters. The molecule has 8 nitrogen and oxygen atoms in total. The van der Waals surface area contributed by atoms with Crippen LogP contribution in [-0.4, -0.2) is 59.7 Å². The average Bonchev–Trinajstić information content (AvgIpc) is 3.14. The summed E-state index contributed by atoms with van der Waals surface area (Å²) in [5.74, 6) is -4.58. The first-order chi connectivity index (χ1) is 22.1. The van der Waals surface area contributed by atoms with Gasteiger partial charge in [0.05, 0.1) is 25.5 Å². The summed E-state index contributed by atoms with van der Waals surface area (Å²) in [7, 11) is 0. The molecule has 2 N–H and O–H groups in total. The van der Waals surface area contributed by atoms with E-state index in [1.54, 1.807) is 0 Å². The third kappa shape index (κ3) is 4.53. The number of morpholine rings is 1.